The van der Waals surface area contributed by atoms with E-state index in [1.807, 2.05) is 26.2 Å². The molecule has 0 amide bonds. The maximum absolute atomic E-state index is 11.2. The molecule has 1 heterocycles. The number of nitrogens with one attached hydrogen (secondary N) is 1. The third-order valence-electron chi connectivity index (χ3n) is 1.89. The van der Waals surface area contributed by atoms with Crippen LogP contribution in [0.4, 0.5) is 5.82 Å². The van der Waals surface area contributed by atoms with E-state index in [9.17, 15) is 4.79 Å². The van der Waals surface area contributed by atoms with Crippen molar-refractivity contribution in [2.24, 2.45) is 7.05 Å². The highest BCUT2D eigenvalue weighted by molar-refractivity contribution is 5.70. The molecular formula is C10H17N3O2. The van der Waals surface area contributed by atoms with Crippen LogP contribution in [0.15, 0.2) is 12.3 Å². The molecule has 0 radical (unpaired) electrons. The molecule has 0 spiro atoms. The van der Waals surface area contributed by atoms with Gasteiger partial charge in [-0.3, -0.25) is 9.48 Å². The molecule has 0 bridgehead atoms. The molecule has 5 nitrogen and oxygen atoms in total. The van der Waals surface area contributed by atoms with Gasteiger partial charge in [0.15, 0.2) is 0 Å². The van der Waals surface area contributed by atoms with E-state index in [0.717, 1.165) is 5.82 Å². The lowest BCUT2D eigenvalue weighted by molar-refractivity contribution is -0.143. The van der Waals surface area contributed by atoms with Crippen molar-refractivity contribution in [2.75, 3.05) is 11.9 Å². The molecule has 1 aromatic rings. The number of carbonyl (C=O) groups excluding carboxylic acids is 1. The number of nitrogens with zero attached hydrogens (tertiary/aromatic N) is 2. The van der Waals surface area contributed by atoms with Crippen molar-refractivity contribution in [3.63, 3.8) is 0 Å². The molecular weight excluding hydrogens is 194 g/mol. The van der Waals surface area contributed by atoms with Crippen molar-refractivity contribution in [1.29, 1.82) is 0 Å². The molecule has 0 aliphatic heterocycles. The van der Waals surface area contributed by atoms with Crippen LogP contribution in [0.1, 0.15) is 20.3 Å². The Kier molecular flexibility index (Phi) is 4.15. The summed E-state index contributed by atoms with van der Waals surface area (Å²) in [4.78, 5) is 11.2. The number of aryl methyl sites for hydroxylation is 1. The molecule has 0 aliphatic rings. The van der Waals surface area contributed by atoms with Crippen LogP contribution in [0, 0.1) is 0 Å². The normalized spacial score (nSPS) is 12.2. The molecule has 1 unspecified atom stereocenters. The van der Waals surface area contributed by atoms with E-state index in [4.69, 9.17) is 4.74 Å². The van der Waals surface area contributed by atoms with Gasteiger partial charge in [-0.1, -0.05) is 0 Å². The zero-order valence-corrected chi connectivity index (χ0v) is 9.36. The fourth-order valence-electron chi connectivity index (χ4n) is 1.27. The van der Waals surface area contributed by atoms with E-state index in [1.54, 1.807) is 11.6 Å². The molecule has 0 aromatic carbocycles. The van der Waals surface area contributed by atoms with E-state index in [1.165, 1.54) is 0 Å². The zero-order valence-electron chi connectivity index (χ0n) is 9.36. The van der Waals surface area contributed by atoms with Gasteiger partial charge in [0.25, 0.3) is 0 Å². The van der Waals surface area contributed by atoms with Gasteiger partial charge in [-0.15, -0.1) is 0 Å². The van der Waals surface area contributed by atoms with E-state index < -0.39 is 0 Å². The van der Waals surface area contributed by atoms with Crippen LogP contribution in [0.2, 0.25) is 0 Å². The van der Waals surface area contributed by atoms with Crippen LogP contribution in [-0.4, -0.2) is 28.4 Å². The van der Waals surface area contributed by atoms with Gasteiger partial charge in [-0.2, -0.15) is 5.10 Å². The second-order valence-electron chi connectivity index (χ2n) is 3.43. The number of hydrogen-bond donors (Lipinski definition) is 1. The van der Waals surface area contributed by atoms with Gasteiger partial charge in [0.1, 0.15) is 5.82 Å². The Balaban J connectivity index is 2.35. The quantitative estimate of drug-likeness (QED) is 0.743. The minimum Gasteiger partial charge on any atom is -0.466 e. The summed E-state index contributed by atoms with van der Waals surface area (Å²) >= 11 is 0. The van der Waals surface area contributed by atoms with E-state index >= 15 is 0 Å². The predicted molar refractivity (Wildman–Crippen MR) is 57.5 cm³/mol. The monoisotopic (exact) mass is 211 g/mol. The Hall–Kier alpha value is -1.52. The molecule has 1 atom stereocenters. The first-order valence-corrected chi connectivity index (χ1v) is 5.03. The molecule has 1 N–H and O–H groups in total. The molecule has 15 heavy (non-hydrogen) atoms. The van der Waals surface area contributed by atoms with Gasteiger partial charge in [0.2, 0.25) is 0 Å². The first-order chi connectivity index (χ1) is 7.11. The van der Waals surface area contributed by atoms with Gasteiger partial charge in [0, 0.05) is 25.4 Å². The van der Waals surface area contributed by atoms with Crippen molar-refractivity contribution in [3.8, 4) is 0 Å². The van der Waals surface area contributed by atoms with Crippen LogP contribution >= 0.6 is 0 Å². The standard InChI is InChI=1S/C10H17N3O2/c1-4-15-10(14)7-8(2)11-9-5-6-13(3)12-9/h5-6,8H,4,7H2,1-3H3,(H,11,12). The number of ether oxygens (including phenoxy) is 1. The lowest BCUT2D eigenvalue weighted by Gasteiger charge is -2.11. The number of rotatable bonds is 5. The van der Waals surface area contributed by atoms with Gasteiger partial charge < -0.3 is 10.1 Å². The molecule has 5 heteroatoms. The predicted octanol–water partition coefficient (Wildman–Crippen LogP) is 1.17. The summed E-state index contributed by atoms with van der Waals surface area (Å²) in [6, 6.07) is 1.89. The fraction of sp³-hybridized carbons (Fsp3) is 0.600. The third-order valence-corrected chi connectivity index (χ3v) is 1.89. The van der Waals surface area contributed by atoms with E-state index in [0.29, 0.717) is 13.0 Å². The summed E-state index contributed by atoms with van der Waals surface area (Å²) in [6.45, 7) is 4.15. The van der Waals surface area contributed by atoms with Crippen LogP contribution in [0.5, 0.6) is 0 Å². The average molecular weight is 211 g/mol. The van der Waals surface area contributed by atoms with E-state index in [2.05, 4.69) is 10.4 Å². The van der Waals surface area contributed by atoms with Crippen LogP contribution in [0.25, 0.3) is 0 Å². The Bertz CT molecular complexity index is 322. The molecule has 0 aliphatic carbocycles. The van der Waals surface area contributed by atoms with Crippen molar-refractivity contribution >= 4 is 11.8 Å². The molecule has 0 saturated carbocycles. The second kappa shape index (κ2) is 5.38. The third kappa shape index (κ3) is 4.01. The Morgan fingerprint density at radius 3 is 3.00 bits per heavy atom. The SMILES string of the molecule is CCOC(=O)CC(C)Nc1ccn(C)n1. The molecule has 1 aromatic heterocycles. The maximum Gasteiger partial charge on any atom is 0.307 e. The summed E-state index contributed by atoms with van der Waals surface area (Å²) in [7, 11) is 1.85. The largest absolute Gasteiger partial charge is 0.466 e. The summed E-state index contributed by atoms with van der Waals surface area (Å²) in [5, 5.41) is 7.28. The number of hydrogen-bond acceptors (Lipinski definition) is 4. The molecule has 0 saturated heterocycles. The number of esters is 1. The minimum atomic E-state index is -0.187. The lowest BCUT2D eigenvalue weighted by Crippen LogP contribution is -2.21. The van der Waals surface area contributed by atoms with Crippen LogP contribution in [0.3, 0.4) is 0 Å². The first kappa shape index (κ1) is 11.6. The molecule has 84 valence electrons. The molecule has 1 rings (SSSR count). The second-order valence-corrected chi connectivity index (χ2v) is 3.43. The van der Waals surface area contributed by atoms with Gasteiger partial charge in [-0.25, -0.2) is 0 Å². The van der Waals surface area contributed by atoms with Gasteiger partial charge in [-0.05, 0) is 13.8 Å². The summed E-state index contributed by atoms with van der Waals surface area (Å²) in [6.07, 6.45) is 2.20. The van der Waals surface area contributed by atoms with E-state index in [-0.39, 0.29) is 12.0 Å². The van der Waals surface area contributed by atoms with Crippen LogP contribution in [-0.2, 0) is 16.6 Å². The van der Waals surface area contributed by atoms with Gasteiger partial charge >= 0.3 is 5.97 Å². The number of carbonyl (C=O) groups is 1. The average Bonchev–Trinajstić information content (AvgIpc) is 2.51. The Morgan fingerprint density at radius 1 is 1.73 bits per heavy atom. The van der Waals surface area contributed by atoms with Crippen molar-refractivity contribution in [3.05, 3.63) is 12.3 Å². The zero-order chi connectivity index (χ0) is 11.3. The fourth-order valence-corrected chi connectivity index (χ4v) is 1.27. The highest BCUT2D eigenvalue weighted by atomic mass is 16.5. The number of aromatic nitrogens is 2. The smallest absolute Gasteiger partial charge is 0.307 e. The number of anilines is 1. The minimum absolute atomic E-state index is 0.0268. The lowest BCUT2D eigenvalue weighted by atomic mass is 10.2. The van der Waals surface area contributed by atoms with Crippen molar-refractivity contribution in [2.45, 2.75) is 26.3 Å². The first-order valence-electron chi connectivity index (χ1n) is 5.03. The highest BCUT2D eigenvalue weighted by Crippen LogP contribution is 2.06. The molecule has 0 fully saturated rings. The summed E-state index contributed by atoms with van der Waals surface area (Å²) in [5.41, 5.74) is 0. The maximum atomic E-state index is 11.2. The van der Waals surface area contributed by atoms with Gasteiger partial charge in [0.05, 0.1) is 13.0 Å². The highest BCUT2D eigenvalue weighted by Gasteiger charge is 2.10. The Labute approximate surface area is 89.4 Å². The van der Waals surface area contributed by atoms with Crippen molar-refractivity contribution < 1.29 is 9.53 Å². The van der Waals surface area contributed by atoms with Crippen molar-refractivity contribution in [1.82, 2.24) is 9.78 Å². The summed E-state index contributed by atoms with van der Waals surface area (Å²) < 4.78 is 6.56. The Morgan fingerprint density at radius 2 is 2.47 bits per heavy atom. The van der Waals surface area contributed by atoms with Crippen LogP contribution < -0.4 is 5.32 Å². The summed E-state index contributed by atoms with van der Waals surface area (Å²) in [5.74, 6) is 0.586. The topological polar surface area (TPSA) is 56.1 Å².